The average Bonchev–Trinajstić information content (AvgIpc) is 2.85. The van der Waals surface area contributed by atoms with Gasteiger partial charge in [-0.3, -0.25) is 4.79 Å². The minimum atomic E-state index is -3.66. The van der Waals surface area contributed by atoms with Crippen molar-refractivity contribution >= 4 is 27.4 Å². The van der Waals surface area contributed by atoms with Crippen LogP contribution in [0.5, 0.6) is 0 Å². The molecule has 23 heavy (non-hydrogen) atoms. The van der Waals surface area contributed by atoms with Gasteiger partial charge >= 0.3 is 0 Å². The van der Waals surface area contributed by atoms with E-state index in [4.69, 9.17) is 4.52 Å². The summed E-state index contributed by atoms with van der Waals surface area (Å²) in [6.45, 7) is 5.18. The van der Waals surface area contributed by atoms with Gasteiger partial charge < -0.3 is 9.84 Å². The predicted octanol–water partition coefficient (Wildman–Crippen LogP) is 2.00. The van der Waals surface area contributed by atoms with Crippen molar-refractivity contribution in [3.05, 3.63) is 41.2 Å². The third-order valence-electron chi connectivity index (χ3n) is 3.35. The molecule has 0 atom stereocenters. The van der Waals surface area contributed by atoms with E-state index in [0.29, 0.717) is 11.4 Å². The second-order valence-electron chi connectivity index (χ2n) is 5.41. The van der Waals surface area contributed by atoms with E-state index in [-0.39, 0.29) is 12.4 Å². The number of aryl methyl sites for hydroxylation is 3. The summed E-state index contributed by atoms with van der Waals surface area (Å²) in [6, 6.07) is 6.95. The minimum Gasteiger partial charge on any atom is -0.360 e. The summed E-state index contributed by atoms with van der Waals surface area (Å²) in [5.74, 6) is 0.0859. The van der Waals surface area contributed by atoms with Crippen LogP contribution in [0.15, 0.2) is 28.8 Å². The van der Waals surface area contributed by atoms with Gasteiger partial charge in [-0.2, -0.15) is 0 Å². The zero-order chi connectivity index (χ0) is 17.2. The van der Waals surface area contributed by atoms with Crippen molar-refractivity contribution < 1.29 is 17.7 Å². The summed E-state index contributed by atoms with van der Waals surface area (Å²) in [5.41, 5.74) is 2.76. The first kappa shape index (κ1) is 17.0. The highest BCUT2D eigenvalue weighted by atomic mass is 32.2. The highest BCUT2D eigenvalue weighted by Gasteiger charge is 2.23. The van der Waals surface area contributed by atoms with Crippen molar-refractivity contribution in [1.82, 2.24) is 5.16 Å². The molecule has 1 aromatic heterocycles. The number of amides is 1. The van der Waals surface area contributed by atoms with Crippen LogP contribution >= 0.6 is 0 Å². The number of nitrogens with one attached hydrogen (secondary N) is 1. The number of rotatable bonds is 5. The number of hydrogen-bond acceptors (Lipinski definition) is 5. The molecule has 0 spiro atoms. The third kappa shape index (κ3) is 4.32. The normalized spacial score (nSPS) is 11.3. The van der Waals surface area contributed by atoms with E-state index in [0.717, 1.165) is 21.7 Å². The van der Waals surface area contributed by atoms with Crippen LogP contribution in [0, 0.1) is 20.8 Å². The molecule has 2 rings (SSSR count). The van der Waals surface area contributed by atoms with Crippen LogP contribution in [-0.2, 0) is 14.8 Å². The lowest BCUT2D eigenvalue weighted by Crippen LogP contribution is -2.37. The van der Waals surface area contributed by atoms with Gasteiger partial charge in [0.25, 0.3) is 0 Å². The van der Waals surface area contributed by atoms with Gasteiger partial charge in [0.05, 0.1) is 6.26 Å². The maximum Gasteiger partial charge on any atom is 0.245 e. The van der Waals surface area contributed by atoms with E-state index in [2.05, 4.69) is 10.5 Å². The lowest BCUT2D eigenvalue weighted by Gasteiger charge is -2.18. The van der Waals surface area contributed by atoms with Gasteiger partial charge in [-0.25, -0.2) is 12.7 Å². The molecule has 1 amide bonds. The Morgan fingerprint density at radius 1 is 1.22 bits per heavy atom. The van der Waals surface area contributed by atoms with Gasteiger partial charge in [0.2, 0.25) is 15.9 Å². The summed E-state index contributed by atoms with van der Waals surface area (Å²) < 4.78 is 29.6. The van der Waals surface area contributed by atoms with Gasteiger partial charge in [0.1, 0.15) is 12.3 Å². The molecule has 2 aromatic rings. The molecule has 0 aliphatic heterocycles. The quantitative estimate of drug-likeness (QED) is 0.901. The Labute approximate surface area is 135 Å². The predicted molar refractivity (Wildman–Crippen MR) is 88.0 cm³/mol. The Bertz CT molecular complexity index is 827. The van der Waals surface area contributed by atoms with Crippen LogP contribution in [0.3, 0.4) is 0 Å². The van der Waals surface area contributed by atoms with Crippen LogP contribution < -0.4 is 9.62 Å². The molecule has 0 unspecified atom stereocenters. The number of aromatic nitrogens is 1. The van der Waals surface area contributed by atoms with E-state index < -0.39 is 15.9 Å². The summed E-state index contributed by atoms with van der Waals surface area (Å²) in [6.07, 6.45) is 1.01. The molecule has 0 aliphatic carbocycles. The van der Waals surface area contributed by atoms with E-state index in [1.54, 1.807) is 13.0 Å². The Morgan fingerprint density at radius 3 is 2.43 bits per heavy atom. The zero-order valence-electron chi connectivity index (χ0n) is 13.5. The highest BCUT2D eigenvalue weighted by molar-refractivity contribution is 7.92. The monoisotopic (exact) mass is 337 g/mol. The first-order chi connectivity index (χ1) is 10.7. The molecule has 0 aliphatic rings. The first-order valence-corrected chi connectivity index (χ1v) is 8.80. The molecule has 1 aromatic carbocycles. The molecule has 8 heteroatoms. The number of hydrogen-bond donors (Lipinski definition) is 1. The summed E-state index contributed by atoms with van der Waals surface area (Å²) in [5, 5.41) is 6.35. The maximum atomic E-state index is 12.2. The summed E-state index contributed by atoms with van der Waals surface area (Å²) >= 11 is 0. The Kier molecular flexibility index (Phi) is 4.74. The van der Waals surface area contributed by atoms with Crippen LogP contribution in [0.4, 0.5) is 11.5 Å². The zero-order valence-corrected chi connectivity index (χ0v) is 14.3. The number of nitrogens with zero attached hydrogens (tertiary/aromatic N) is 2. The average molecular weight is 337 g/mol. The maximum absolute atomic E-state index is 12.2. The molecule has 0 saturated heterocycles. The molecule has 1 heterocycles. The molecule has 7 nitrogen and oxygen atoms in total. The van der Waals surface area contributed by atoms with Crippen molar-refractivity contribution in [2.24, 2.45) is 0 Å². The Balaban J connectivity index is 2.16. The number of carbonyl (C=O) groups is 1. The number of anilines is 2. The molecule has 0 saturated carbocycles. The second kappa shape index (κ2) is 6.41. The number of sulfonamides is 1. The summed E-state index contributed by atoms with van der Waals surface area (Å²) in [4.78, 5) is 12.2. The fraction of sp³-hybridized carbons (Fsp3) is 0.333. The van der Waals surface area contributed by atoms with Crippen molar-refractivity contribution in [3.8, 4) is 0 Å². The molecule has 124 valence electrons. The van der Waals surface area contributed by atoms with Gasteiger partial charge in [-0.1, -0.05) is 11.2 Å². The lowest BCUT2D eigenvalue weighted by molar-refractivity contribution is -0.114. The lowest BCUT2D eigenvalue weighted by atomic mass is 10.1. The second-order valence-corrected chi connectivity index (χ2v) is 7.32. The third-order valence-corrected chi connectivity index (χ3v) is 4.47. The summed E-state index contributed by atoms with van der Waals surface area (Å²) in [7, 11) is -3.66. The van der Waals surface area contributed by atoms with Gasteiger partial charge in [-0.05, 0) is 44.0 Å². The SMILES string of the molecule is Cc1cc(N(CC(=O)Nc2ccc(C)c(C)c2)S(C)(=O)=O)no1. The van der Waals surface area contributed by atoms with Gasteiger partial charge in [0.15, 0.2) is 5.82 Å². The van der Waals surface area contributed by atoms with Crippen molar-refractivity contribution in [3.63, 3.8) is 0 Å². The van der Waals surface area contributed by atoms with Gasteiger partial charge in [0, 0.05) is 11.8 Å². The fourth-order valence-electron chi connectivity index (χ4n) is 1.99. The van der Waals surface area contributed by atoms with Crippen LogP contribution in [0.25, 0.3) is 0 Å². The highest BCUT2D eigenvalue weighted by Crippen LogP contribution is 2.18. The van der Waals surface area contributed by atoms with Crippen molar-refractivity contribution in [1.29, 1.82) is 0 Å². The van der Waals surface area contributed by atoms with E-state index in [1.807, 2.05) is 26.0 Å². The van der Waals surface area contributed by atoms with Crippen LogP contribution in [0.1, 0.15) is 16.9 Å². The number of carbonyl (C=O) groups excluding carboxylic acids is 1. The molecular formula is C15H19N3O4S. The molecule has 0 fully saturated rings. The van der Waals surface area contributed by atoms with Crippen molar-refractivity contribution in [2.75, 3.05) is 22.4 Å². The van der Waals surface area contributed by atoms with Crippen LogP contribution in [0.2, 0.25) is 0 Å². The van der Waals surface area contributed by atoms with Crippen LogP contribution in [-0.4, -0.2) is 32.3 Å². The smallest absolute Gasteiger partial charge is 0.245 e. The topological polar surface area (TPSA) is 92.5 Å². The minimum absolute atomic E-state index is 0.0836. The standard InChI is InChI=1S/C15H19N3O4S/c1-10-5-6-13(7-11(10)2)16-15(19)9-18(23(4,20)21)14-8-12(3)22-17-14/h5-8H,9H2,1-4H3,(H,16,19). The number of benzene rings is 1. The molecule has 0 bridgehead atoms. The van der Waals surface area contributed by atoms with E-state index >= 15 is 0 Å². The Morgan fingerprint density at radius 2 is 1.91 bits per heavy atom. The van der Waals surface area contributed by atoms with E-state index in [9.17, 15) is 13.2 Å². The van der Waals surface area contributed by atoms with Crippen molar-refractivity contribution in [2.45, 2.75) is 20.8 Å². The molecular weight excluding hydrogens is 318 g/mol. The van der Waals surface area contributed by atoms with Gasteiger partial charge in [-0.15, -0.1) is 0 Å². The fourth-order valence-corrected chi connectivity index (χ4v) is 2.77. The molecule has 0 radical (unpaired) electrons. The first-order valence-electron chi connectivity index (χ1n) is 6.95. The Hall–Kier alpha value is -2.35. The largest absolute Gasteiger partial charge is 0.360 e. The van der Waals surface area contributed by atoms with E-state index in [1.165, 1.54) is 6.07 Å². The molecule has 1 N–H and O–H groups in total.